The Morgan fingerprint density at radius 1 is 0.923 bits per heavy atom. The Balaban J connectivity index is 2.20. The first-order valence-corrected chi connectivity index (χ1v) is 13.0. The molecular weight excluding hydrogens is 506 g/mol. The fourth-order valence-electron chi connectivity index (χ4n) is 4.22. The van der Waals surface area contributed by atoms with E-state index in [0.717, 1.165) is 10.9 Å². The number of aromatic amines is 1. The summed E-state index contributed by atoms with van der Waals surface area (Å²) in [5.41, 5.74) is 7.40. The van der Waals surface area contributed by atoms with Crippen LogP contribution in [-0.2, 0) is 30.4 Å². The number of aliphatic carboxylic acids is 2. The summed E-state index contributed by atoms with van der Waals surface area (Å²) in [6.07, 6.45) is 1.74. The Morgan fingerprint density at radius 3 is 2.15 bits per heavy atom. The zero-order valence-corrected chi connectivity index (χ0v) is 22.7. The summed E-state index contributed by atoms with van der Waals surface area (Å²) in [4.78, 5) is 65.4. The van der Waals surface area contributed by atoms with Crippen LogP contribution in [0.5, 0.6) is 0 Å². The Labute approximate surface area is 227 Å². The predicted octanol–water partition coefficient (Wildman–Crippen LogP) is 1.14. The highest BCUT2D eigenvalue weighted by molar-refractivity contribution is 5.96. The number of para-hydroxylation sites is 1. The fourth-order valence-corrected chi connectivity index (χ4v) is 4.22. The van der Waals surface area contributed by atoms with Crippen molar-refractivity contribution in [2.45, 2.75) is 77.5 Å². The third kappa shape index (κ3) is 9.10. The Hall–Kier alpha value is -3.93. The number of amides is 3. The van der Waals surface area contributed by atoms with E-state index < -0.39 is 66.2 Å². The lowest BCUT2D eigenvalue weighted by atomic mass is 9.96. The van der Waals surface area contributed by atoms with Crippen molar-refractivity contribution >= 4 is 40.6 Å². The minimum atomic E-state index is -1.48. The van der Waals surface area contributed by atoms with Crippen molar-refractivity contribution < 1.29 is 34.2 Å². The summed E-state index contributed by atoms with van der Waals surface area (Å²) in [6, 6.07) is 2.48. The van der Waals surface area contributed by atoms with Gasteiger partial charge in [-0.25, -0.2) is 4.79 Å². The highest BCUT2D eigenvalue weighted by Crippen LogP contribution is 2.19. The second kappa shape index (κ2) is 14.3. The first-order valence-electron chi connectivity index (χ1n) is 13.0. The van der Waals surface area contributed by atoms with Gasteiger partial charge in [-0.05, 0) is 29.9 Å². The number of rotatable bonds is 15. The fraction of sp³-hybridized carbons (Fsp3) is 0.519. The van der Waals surface area contributed by atoms with Crippen LogP contribution in [0.4, 0.5) is 0 Å². The average molecular weight is 546 g/mol. The molecule has 0 aliphatic rings. The summed E-state index contributed by atoms with van der Waals surface area (Å²) in [6.45, 7) is 7.22. The van der Waals surface area contributed by atoms with E-state index in [1.165, 1.54) is 0 Å². The van der Waals surface area contributed by atoms with E-state index in [1.54, 1.807) is 20.0 Å². The monoisotopic (exact) mass is 545 g/mol. The van der Waals surface area contributed by atoms with Crippen LogP contribution < -0.4 is 21.7 Å². The van der Waals surface area contributed by atoms with E-state index in [4.69, 9.17) is 5.73 Å². The molecule has 0 aliphatic heterocycles. The lowest BCUT2D eigenvalue weighted by molar-refractivity contribution is -0.143. The number of fused-ring (bicyclic) bond motifs is 1. The minimum absolute atomic E-state index is 0.00229. The summed E-state index contributed by atoms with van der Waals surface area (Å²) in [7, 11) is 0. The summed E-state index contributed by atoms with van der Waals surface area (Å²) in [5.74, 6) is -5.21. The number of aromatic nitrogens is 1. The quantitative estimate of drug-likeness (QED) is 0.172. The van der Waals surface area contributed by atoms with E-state index >= 15 is 0 Å². The maximum atomic E-state index is 13.3. The molecule has 1 aromatic heterocycles. The molecule has 12 heteroatoms. The normalized spacial score (nSPS) is 15.1. The molecule has 0 aliphatic carbocycles. The first-order chi connectivity index (χ1) is 18.3. The van der Waals surface area contributed by atoms with Gasteiger partial charge in [0, 0.05) is 23.5 Å². The molecule has 214 valence electrons. The highest BCUT2D eigenvalue weighted by atomic mass is 16.4. The molecule has 0 saturated heterocycles. The zero-order chi connectivity index (χ0) is 29.3. The number of nitrogens with two attached hydrogens (primary N) is 1. The van der Waals surface area contributed by atoms with Gasteiger partial charge in [0.25, 0.3) is 0 Å². The van der Waals surface area contributed by atoms with Crippen molar-refractivity contribution in [3.63, 3.8) is 0 Å². The van der Waals surface area contributed by atoms with E-state index in [1.807, 2.05) is 38.1 Å². The predicted molar refractivity (Wildman–Crippen MR) is 145 cm³/mol. The summed E-state index contributed by atoms with van der Waals surface area (Å²) < 4.78 is 0. The largest absolute Gasteiger partial charge is 0.481 e. The molecule has 5 unspecified atom stereocenters. The van der Waals surface area contributed by atoms with Gasteiger partial charge in [0.2, 0.25) is 17.7 Å². The van der Waals surface area contributed by atoms with Crippen LogP contribution in [0.2, 0.25) is 0 Å². The van der Waals surface area contributed by atoms with E-state index in [0.29, 0.717) is 18.4 Å². The second-order valence-electron chi connectivity index (χ2n) is 10.2. The third-order valence-electron chi connectivity index (χ3n) is 6.58. The van der Waals surface area contributed by atoms with Gasteiger partial charge in [-0.2, -0.15) is 0 Å². The molecule has 0 bridgehead atoms. The average Bonchev–Trinajstić information content (AvgIpc) is 3.27. The number of carbonyl (C=O) groups is 5. The van der Waals surface area contributed by atoms with Crippen LogP contribution in [-0.4, -0.2) is 69.0 Å². The number of carbonyl (C=O) groups excluding carboxylic acids is 3. The van der Waals surface area contributed by atoms with Gasteiger partial charge in [-0.1, -0.05) is 52.3 Å². The van der Waals surface area contributed by atoms with Gasteiger partial charge in [0.05, 0.1) is 12.5 Å². The lowest BCUT2D eigenvalue weighted by Gasteiger charge is -2.28. The van der Waals surface area contributed by atoms with Crippen molar-refractivity contribution in [2.75, 3.05) is 0 Å². The summed E-state index contributed by atoms with van der Waals surface area (Å²) >= 11 is 0. The number of carboxylic acid groups (broad SMARTS) is 2. The standard InChI is InChI=1S/C27H39N5O7/c1-5-15(4)23(32-25(36)20(12-22(33)34)30-24(35)18(28)10-14(2)3)26(37)31-21(27(38)39)11-16-13-29-19-9-7-6-8-17(16)19/h6-9,13-15,18,20-21,23,29H,5,10-12,28H2,1-4H3,(H,30,35)(H,31,37)(H,32,36)(H,33,34)(H,38,39). The molecule has 2 rings (SSSR count). The van der Waals surface area contributed by atoms with Crippen LogP contribution in [0, 0.1) is 11.8 Å². The van der Waals surface area contributed by atoms with Crippen LogP contribution in [0.3, 0.4) is 0 Å². The van der Waals surface area contributed by atoms with Crippen molar-refractivity contribution in [1.82, 2.24) is 20.9 Å². The SMILES string of the molecule is CCC(C)C(NC(=O)C(CC(=O)O)NC(=O)C(N)CC(C)C)C(=O)NC(Cc1c[nH]c2ccccc12)C(=O)O. The second-order valence-corrected chi connectivity index (χ2v) is 10.2. The summed E-state index contributed by atoms with van der Waals surface area (Å²) in [5, 5.41) is 27.3. The molecule has 0 saturated carbocycles. The van der Waals surface area contributed by atoms with Crippen LogP contribution in [0.25, 0.3) is 10.9 Å². The molecule has 1 heterocycles. The van der Waals surface area contributed by atoms with E-state index in [-0.39, 0.29) is 12.3 Å². The molecule has 5 atom stereocenters. The van der Waals surface area contributed by atoms with Crippen LogP contribution in [0.15, 0.2) is 30.5 Å². The minimum Gasteiger partial charge on any atom is -0.481 e. The number of H-pyrrole nitrogens is 1. The third-order valence-corrected chi connectivity index (χ3v) is 6.58. The molecular formula is C27H39N5O7. The molecule has 8 N–H and O–H groups in total. The van der Waals surface area contributed by atoms with Crippen molar-refractivity contribution in [2.24, 2.45) is 17.6 Å². The number of carboxylic acids is 2. The lowest BCUT2D eigenvalue weighted by Crippen LogP contribution is -2.59. The van der Waals surface area contributed by atoms with Gasteiger partial charge in [0.15, 0.2) is 0 Å². The van der Waals surface area contributed by atoms with Crippen molar-refractivity contribution in [1.29, 1.82) is 0 Å². The zero-order valence-electron chi connectivity index (χ0n) is 22.7. The molecule has 0 fully saturated rings. The van der Waals surface area contributed by atoms with Crippen molar-refractivity contribution in [3.05, 3.63) is 36.0 Å². The molecule has 3 amide bonds. The topological polar surface area (TPSA) is 204 Å². The first kappa shape index (κ1) is 31.3. The Morgan fingerprint density at radius 2 is 1.56 bits per heavy atom. The molecule has 0 spiro atoms. The number of hydrogen-bond donors (Lipinski definition) is 7. The van der Waals surface area contributed by atoms with Gasteiger partial charge in [0.1, 0.15) is 18.1 Å². The number of hydrogen-bond acceptors (Lipinski definition) is 6. The van der Waals surface area contributed by atoms with E-state index in [9.17, 15) is 34.2 Å². The maximum Gasteiger partial charge on any atom is 0.326 e. The van der Waals surface area contributed by atoms with Gasteiger partial charge >= 0.3 is 11.9 Å². The molecule has 1 aromatic carbocycles. The highest BCUT2D eigenvalue weighted by Gasteiger charge is 2.34. The molecule has 0 radical (unpaired) electrons. The smallest absolute Gasteiger partial charge is 0.326 e. The van der Waals surface area contributed by atoms with E-state index in [2.05, 4.69) is 20.9 Å². The maximum absolute atomic E-state index is 13.3. The van der Waals surface area contributed by atoms with Crippen molar-refractivity contribution in [3.8, 4) is 0 Å². The molecule has 12 nitrogen and oxygen atoms in total. The molecule has 2 aromatic rings. The molecule has 39 heavy (non-hydrogen) atoms. The van der Waals surface area contributed by atoms with Gasteiger partial charge in [-0.15, -0.1) is 0 Å². The Kier molecular flexibility index (Phi) is 11.5. The number of nitrogens with one attached hydrogen (secondary N) is 4. The van der Waals surface area contributed by atoms with Crippen LogP contribution in [0.1, 0.15) is 52.5 Å². The number of benzene rings is 1. The van der Waals surface area contributed by atoms with Gasteiger partial charge in [-0.3, -0.25) is 19.2 Å². The van der Waals surface area contributed by atoms with Gasteiger partial charge < -0.3 is 36.9 Å². The Bertz CT molecular complexity index is 1180. The van der Waals surface area contributed by atoms with Crippen LogP contribution >= 0.6 is 0 Å².